The van der Waals surface area contributed by atoms with Crippen LogP contribution in [0.25, 0.3) is 10.9 Å². The molecule has 1 aromatic heterocycles. The molecule has 0 saturated carbocycles. The van der Waals surface area contributed by atoms with Gasteiger partial charge in [-0.1, -0.05) is 55.5 Å². The van der Waals surface area contributed by atoms with E-state index in [0.717, 1.165) is 33.4 Å². The third-order valence-electron chi connectivity index (χ3n) is 8.05. The van der Waals surface area contributed by atoms with Crippen LogP contribution in [0.3, 0.4) is 0 Å². The summed E-state index contributed by atoms with van der Waals surface area (Å²) in [5.41, 5.74) is 1.64. The lowest BCUT2D eigenvalue weighted by atomic mass is 9.76. The van der Waals surface area contributed by atoms with E-state index in [0.29, 0.717) is 11.3 Å². The molecule has 2 amide bonds. The number of benzene rings is 3. The first kappa shape index (κ1) is 23.9. The first-order chi connectivity index (χ1) is 18.4. The zero-order valence-corrected chi connectivity index (χ0v) is 20.7. The monoisotopic (exact) mass is 509 g/mol. The molecule has 4 aromatic rings. The number of hydrogen-bond donors (Lipinski definition) is 4. The first-order valence-corrected chi connectivity index (χ1v) is 12.7. The molecule has 4 N–H and O–H groups in total. The quantitative estimate of drug-likeness (QED) is 0.292. The van der Waals surface area contributed by atoms with Crippen molar-refractivity contribution in [1.29, 1.82) is 0 Å². The van der Waals surface area contributed by atoms with Crippen molar-refractivity contribution in [1.82, 2.24) is 10.3 Å². The van der Waals surface area contributed by atoms with Gasteiger partial charge in [0, 0.05) is 35.1 Å². The van der Waals surface area contributed by atoms with Crippen LogP contribution in [0.1, 0.15) is 29.7 Å². The minimum absolute atomic E-state index is 0.0285. The fourth-order valence-corrected chi connectivity index (χ4v) is 6.17. The molecular formula is C30H27N3O5. The number of H-pyrrole nitrogens is 1. The summed E-state index contributed by atoms with van der Waals surface area (Å²) in [5.74, 6) is -4.52. The van der Waals surface area contributed by atoms with E-state index in [9.17, 15) is 24.6 Å². The van der Waals surface area contributed by atoms with Crippen LogP contribution in [-0.4, -0.2) is 38.5 Å². The van der Waals surface area contributed by atoms with E-state index in [4.69, 9.17) is 0 Å². The number of aromatic amines is 1. The SMILES string of the molecule is CCc1ccc(N2C(=O)[C@H]3[C@@H](c4ccccc4O)N[C@@](Cc4c[nH]c5ccccc45)(C(=O)O)[C@@H]3C2=O)cc1. The summed E-state index contributed by atoms with van der Waals surface area (Å²) in [4.78, 5) is 45.5. The van der Waals surface area contributed by atoms with Gasteiger partial charge in [0.2, 0.25) is 11.8 Å². The Balaban J connectivity index is 1.51. The summed E-state index contributed by atoms with van der Waals surface area (Å²) in [6.07, 6.45) is 2.53. The lowest BCUT2D eigenvalue weighted by Crippen LogP contribution is -2.57. The van der Waals surface area contributed by atoms with Gasteiger partial charge in [0.15, 0.2) is 0 Å². The number of carboxylic acid groups (broad SMARTS) is 1. The Morgan fingerprint density at radius 2 is 1.68 bits per heavy atom. The van der Waals surface area contributed by atoms with Crippen LogP contribution >= 0.6 is 0 Å². The number of aryl methyl sites for hydroxylation is 1. The highest BCUT2D eigenvalue weighted by Gasteiger charge is 2.69. The molecule has 192 valence electrons. The van der Waals surface area contributed by atoms with Crippen LogP contribution in [0.5, 0.6) is 5.75 Å². The molecule has 0 spiro atoms. The number of hydrogen-bond acceptors (Lipinski definition) is 5. The van der Waals surface area contributed by atoms with Crippen LogP contribution in [0.4, 0.5) is 5.69 Å². The lowest BCUT2D eigenvalue weighted by molar-refractivity contribution is -0.148. The number of nitrogens with one attached hydrogen (secondary N) is 2. The number of carboxylic acids is 1. The van der Waals surface area contributed by atoms with Crippen LogP contribution in [0.15, 0.2) is 79.0 Å². The van der Waals surface area contributed by atoms with E-state index < -0.39 is 41.2 Å². The Bertz CT molecular complexity index is 1580. The molecular weight excluding hydrogens is 482 g/mol. The Hall–Kier alpha value is -4.43. The van der Waals surface area contributed by atoms with E-state index in [1.165, 1.54) is 6.07 Å². The van der Waals surface area contributed by atoms with Gasteiger partial charge >= 0.3 is 5.97 Å². The zero-order chi connectivity index (χ0) is 26.6. The van der Waals surface area contributed by atoms with Crippen LogP contribution in [0, 0.1) is 11.8 Å². The molecule has 8 nitrogen and oxygen atoms in total. The average Bonchev–Trinajstić information content (AvgIpc) is 3.57. The van der Waals surface area contributed by atoms with Crippen LogP contribution < -0.4 is 10.2 Å². The second kappa shape index (κ2) is 8.85. The van der Waals surface area contributed by atoms with Gasteiger partial charge in [-0.2, -0.15) is 0 Å². The third-order valence-corrected chi connectivity index (χ3v) is 8.05. The fourth-order valence-electron chi connectivity index (χ4n) is 6.17. The van der Waals surface area contributed by atoms with Crippen molar-refractivity contribution in [3.63, 3.8) is 0 Å². The summed E-state index contributed by atoms with van der Waals surface area (Å²) in [5, 5.41) is 25.4. The number of carbonyl (C=O) groups is 3. The number of anilines is 1. The molecule has 0 bridgehead atoms. The molecule has 8 heteroatoms. The molecule has 6 rings (SSSR count). The summed E-state index contributed by atoms with van der Waals surface area (Å²) >= 11 is 0. The number of phenols is 1. The lowest BCUT2D eigenvalue weighted by Gasteiger charge is -2.31. The van der Waals surface area contributed by atoms with Crippen molar-refractivity contribution < 1.29 is 24.6 Å². The number of para-hydroxylation sites is 2. The summed E-state index contributed by atoms with van der Waals surface area (Å²) in [6.45, 7) is 2.01. The second-order valence-electron chi connectivity index (χ2n) is 10.0. The molecule has 0 unspecified atom stereocenters. The number of nitrogens with zero attached hydrogens (tertiary/aromatic N) is 1. The van der Waals surface area contributed by atoms with Crippen molar-refractivity contribution in [2.45, 2.75) is 31.3 Å². The highest BCUT2D eigenvalue weighted by molar-refractivity contribution is 6.24. The molecule has 0 aliphatic carbocycles. The van der Waals surface area contributed by atoms with Gasteiger partial charge in [-0.25, -0.2) is 4.90 Å². The van der Waals surface area contributed by atoms with E-state index >= 15 is 0 Å². The number of amides is 2. The summed E-state index contributed by atoms with van der Waals surface area (Å²) < 4.78 is 0. The molecule has 2 aliphatic heterocycles. The minimum atomic E-state index is -1.78. The molecule has 2 aliphatic rings. The normalized spacial score (nSPS) is 24.8. The first-order valence-electron chi connectivity index (χ1n) is 12.7. The summed E-state index contributed by atoms with van der Waals surface area (Å²) in [7, 11) is 0. The van der Waals surface area contributed by atoms with Gasteiger partial charge in [0.05, 0.1) is 17.5 Å². The number of carbonyl (C=O) groups excluding carboxylic acids is 2. The van der Waals surface area contributed by atoms with E-state index in [2.05, 4.69) is 10.3 Å². The predicted octanol–water partition coefficient (Wildman–Crippen LogP) is 3.95. The highest BCUT2D eigenvalue weighted by Crippen LogP contribution is 2.52. The van der Waals surface area contributed by atoms with Gasteiger partial charge in [-0.15, -0.1) is 0 Å². The molecule has 0 radical (unpaired) electrons. The Morgan fingerprint density at radius 3 is 2.39 bits per heavy atom. The number of aliphatic carboxylic acids is 1. The number of phenolic OH excluding ortho intramolecular Hbond substituents is 1. The minimum Gasteiger partial charge on any atom is -0.508 e. The molecule has 2 fully saturated rings. The van der Waals surface area contributed by atoms with Gasteiger partial charge in [0.25, 0.3) is 0 Å². The number of fused-ring (bicyclic) bond motifs is 2. The van der Waals surface area contributed by atoms with Crippen molar-refractivity contribution in [2.75, 3.05) is 4.90 Å². The highest BCUT2D eigenvalue weighted by atomic mass is 16.4. The van der Waals surface area contributed by atoms with Gasteiger partial charge in [-0.05, 0) is 41.8 Å². The van der Waals surface area contributed by atoms with Crippen molar-refractivity contribution in [2.24, 2.45) is 11.8 Å². The summed E-state index contributed by atoms with van der Waals surface area (Å²) in [6, 6.07) is 20.4. The van der Waals surface area contributed by atoms with Crippen molar-refractivity contribution in [3.05, 3.63) is 95.7 Å². The number of imide groups is 1. The van der Waals surface area contributed by atoms with Gasteiger partial charge in [-0.3, -0.25) is 19.7 Å². The predicted molar refractivity (Wildman–Crippen MR) is 142 cm³/mol. The van der Waals surface area contributed by atoms with Gasteiger partial charge in [0.1, 0.15) is 11.3 Å². The molecule has 38 heavy (non-hydrogen) atoms. The number of aromatic nitrogens is 1. The molecule has 4 atom stereocenters. The molecule has 3 heterocycles. The fraction of sp³-hybridized carbons (Fsp3) is 0.233. The maximum Gasteiger partial charge on any atom is 0.325 e. The smallest absolute Gasteiger partial charge is 0.325 e. The van der Waals surface area contributed by atoms with Gasteiger partial charge < -0.3 is 15.2 Å². The Kier molecular flexibility index (Phi) is 5.57. The van der Waals surface area contributed by atoms with Crippen LogP contribution in [0.2, 0.25) is 0 Å². The molecule has 3 aromatic carbocycles. The second-order valence-corrected chi connectivity index (χ2v) is 10.0. The number of aromatic hydroxyl groups is 1. The standard InChI is InChI=1S/C30H27N3O5/c1-2-17-11-13-19(14-12-17)33-27(35)24-25(28(33)36)30(29(37)38,32-26(24)21-8-4-6-10-23(21)34)15-18-16-31-22-9-5-3-7-20(18)22/h3-14,16,24-26,31-32,34H,2,15H2,1H3,(H,37,38)/t24-,25+,26-,30-/m1/s1. The Labute approximate surface area is 218 Å². The zero-order valence-electron chi connectivity index (χ0n) is 20.7. The Morgan fingerprint density at radius 1 is 0.974 bits per heavy atom. The van der Waals surface area contributed by atoms with E-state index in [-0.39, 0.29) is 12.2 Å². The average molecular weight is 510 g/mol. The van der Waals surface area contributed by atoms with Crippen molar-refractivity contribution in [3.8, 4) is 5.75 Å². The number of rotatable bonds is 6. The topological polar surface area (TPSA) is 123 Å². The third kappa shape index (κ3) is 3.44. The maximum absolute atomic E-state index is 14.1. The van der Waals surface area contributed by atoms with E-state index in [1.807, 2.05) is 43.3 Å². The molecule has 2 saturated heterocycles. The van der Waals surface area contributed by atoms with Crippen molar-refractivity contribution >= 4 is 34.4 Å². The van der Waals surface area contributed by atoms with E-state index in [1.54, 1.807) is 36.5 Å². The van der Waals surface area contributed by atoms with Crippen LogP contribution in [-0.2, 0) is 27.2 Å². The maximum atomic E-state index is 14.1. The largest absolute Gasteiger partial charge is 0.508 e.